The normalized spacial score (nSPS) is 13.0. The number of carboxylic acid groups (broad SMARTS) is 1. The predicted molar refractivity (Wildman–Crippen MR) is 81.7 cm³/mol. The van der Waals surface area contributed by atoms with Crippen molar-refractivity contribution in [2.75, 3.05) is 5.75 Å². The van der Waals surface area contributed by atoms with Gasteiger partial charge in [0.25, 0.3) is 0 Å². The van der Waals surface area contributed by atoms with Gasteiger partial charge in [0.1, 0.15) is 0 Å². The number of rotatable bonds is 7. The molecule has 2 N–H and O–H groups in total. The monoisotopic (exact) mass is 306 g/mol. The second kappa shape index (κ2) is 8.32. The Balaban J connectivity index is 2.33. The molecule has 0 aliphatic heterocycles. The van der Waals surface area contributed by atoms with Gasteiger partial charge in [0, 0.05) is 11.8 Å². The van der Waals surface area contributed by atoms with Gasteiger partial charge >= 0.3 is 5.97 Å². The molecule has 0 fully saturated rings. The molecule has 0 bridgehead atoms. The highest BCUT2D eigenvalue weighted by atomic mass is 32.2. The Hall–Kier alpha value is -2.00. The van der Waals surface area contributed by atoms with Crippen molar-refractivity contribution >= 4 is 23.6 Å². The average molecular weight is 306 g/mol. The largest absolute Gasteiger partial charge is 0.481 e. The number of nitrogens with one attached hydrogen (secondary N) is 1. The number of benzene rings is 1. The van der Waals surface area contributed by atoms with Gasteiger partial charge in [-0.25, -0.2) is 0 Å². The van der Waals surface area contributed by atoms with Crippen molar-refractivity contribution in [3.8, 4) is 6.07 Å². The van der Waals surface area contributed by atoms with E-state index < -0.39 is 17.9 Å². The maximum Gasteiger partial charge on any atom is 0.308 e. The molecule has 0 aromatic heterocycles. The van der Waals surface area contributed by atoms with Crippen molar-refractivity contribution in [2.45, 2.75) is 25.6 Å². The van der Waals surface area contributed by atoms with Crippen LogP contribution < -0.4 is 5.32 Å². The molecular formula is C15H18N2O3S. The molecule has 2 atom stereocenters. The third-order valence-electron chi connectivity index (χ3n) is 3.11. The van der Waals surface area contributed by atoms with Crippen LogP contribution in [0.1, 0.15) is 25.0 Å². The minimum Gasteiger partial charge on any atom is -0.481 e. The van der Waals surface area contributed by atoms with Crippen molar-refractivity contribution in [1.29, 1.82) is 5.26 Å². The van der Waals surface area contributed by atoms with Gasteiger partial charge in [0.05, 0.1) is 23.3 Å². The van der Waals surface area contributed by atoms with Crippen LogP contribution in [0.4, 0.5) is 0 Å². The lowest BCUT2D eigenvalue weighted by Gasteiger charge is -2.17. The number of thioether (sulfide) groups is 1. The molecule has 0 aliphatic carbocycles. The van der Waals surface area contributed by atoms with E-state index in [-0.39, 0.29) is 11.7 Å². The van der Waals surface area contributed by atoms with E-state index in [4.69, 9.17) is 10.4 Å². The summed E-state index contributed by atoms with van der Waals surface area (Å²) in [5, 5.41) is 20.2. The minimum absolute atomic E-state index is 0.172. The zero-order valence-corrected chi connectivity index (χ0v) is 12.8. The number of aliphatic carboxylic acids is 1. The molecular weight excluding hydrogens is 288 g/mol. The molecule has 1 rings (SSSR count). The summed E-state index contributed by atoms with van der Waals surface area (Å²) in [6.07, 6.45) is 0. The molecule has 2 unspecified atom stereocenters. The number of carboxylic acids is 1. The Bertz CT molecular complexity index is 537. The third kappa shape index (κ3) is 5.88. The fourth-order valence-electron chi connectivity index (χ4n) is 1.57. The van der Waals surface area contributed by atoms with Crippen LogP contribution >= 0.6 is 11.8 Å². The highest BCUT2D eigenvalue weighted by Gasteiger charge is 2.20. The lowest BCUT2D eigenvalue weighted by molar-refractivity contribution is -0.142. The molecule has 0 heterocycles. The SMILES string of the molecule is CC(NC(=O)CSCc1ccc(C#N)cc1)C(C)C(=O)O. The quantitative estimate of drug-likeness (QED) is 0.804. The van der Waals surface area contributed by atoms with E-state index in [0.29, 0.717) is 11.3 Å². The van der Waals surface area contributed by atoms with Gasteiger partial charge in [-0.15, -0.1) is 11.8 Å². The van der Waals surface area contributed by atoms with E-state index >= 15 is 0 Å². The summed E-state index contributed by atoms with van der Waals surface area (Å²) in [6.45, 7) is 3.25. The molecule has 0 spiro atoms. The van der Waals surface area contributed by atoms with E-state index in [1.807, 2.05) is 12.1 Å². The molecule has 21 heavy (non-hydrogen) atoms. The lowest BCUT2D eigenvalue weighted by Crippen LogP contribution is -2.40. The number of hydrogen-bond donors (Lipinski definition) is 2. The first-order valence-electron chi connectivity index (χ1n) is 6.53. The van der Waals surface area contributed by atoms with Crippen LogP contribution in [-0.2, 0) is 15.3 Å². The third-order valence-corrected chi connectivity index (χ3v) is 4.12. The summed E-state index contributed by atoms with van der Waals surface area (Å²) in [6, 6.07) is 8.86. The van der Waals surface area contributed by atoms with Crippen LogP contribution in [0.15, 0.2) is 24.3 Å². The van der Waals surface area contributed by atoms with Crippen molar-refractivity contribution in [1.82, 2.24) is 5.32 Å². The molecule has 0 saturated carbocycles. The number of carbonyl (C=O) groups is 2. The number of nitrogens with zero attached hydrogens (tertiary/aromatic N) is 1. The highest BCUT2D eigenvalue weighted by Crippen LogP contribution is 2.13. The van der Waals surface area contributed by atoms with Gasteiger partial charge in [-0.1, -0.05) is 12.1 Å². The maximum absolute atomic E-state index is 11.7. The van der Waals surface area contributed by atoms with Gasteiger partial charge in [0.2, 0.25) is 5.91 Å². The van der Waals surface area contributed by atoms with Crippen LogP contribution in [0.3, 0.4) is 0 Å². The smallest absolute Gasteiger partial charge is 0.308 e. The first-order valence-corrected chi connectivity index (χ1v) is 7.68. The molecule has 6 heteroatoms. The zero-order chi connectivity index (χ0) is 15.8. The van der Waals surface area contributed by atoms with E-state index in [9.17, 15) is 9.59 Å². The van der Waals surface area contributed by atoms with Gasteiger partial charge in [-0.2, -0.15) is 5.26 Å². The minimum atomic E-state index is -0.923. The van der Waals surface area contributed by atoms with Crippen molar-refractivity contribution in [3.05, 3.63) is 35.4 Å². The van der Waals surface area contributed by atoms with Crippen LogP contribution in [0.2, 0.25) is 0 Å². The lowest BCUT2D eigenvalue weighted by atomic mass is 10.0. The fourth-order valence-corrected chi connectivity index (χ4v) is 2.37. The van der Waals surface area contributed by atoms with E-state index in [2.05, 4.69) is 11.4 Å². The van der Waals surface area contributed by atoms with Crippen LogP contribution in [0, 0.1) is 17.2 Å². The van der Waals surface area contributed by atoms with Gasteiger partial charge < -0.3 is 10.4 Å². The summed E-state index contributed by atoms with van der Waals surface area (Å²) in [7, 11) is 0. The van der Waals surface area contributed by atoms with E-state index in [1.165, 1.54) is 11.8 Å². The molecule has 5 nitrogen and oxygen atoms in total. The molecule has 0 saturated heterocycles. The van der Waals surface area contributed by atoms with Crippen LogP contribution in [0.5, 0.6) is 0 Å². The van der Waals surface area contributed by atoms with Gasteiger partial charge in [-0.3, -0.25) is 9.59 Å². The number of nitriles is 1. The molecule has 1 amide bonds. The van der Waals surface area contributed by atoms with Crippen molar-refractivity contribution in [2.24, 2.45) is 5.92 Å². The zero-order valence-electron chi connectivity index (χ0n) is 12.0. The van der Waals surface area contributed by atoms with Crippen LogP contribution in [0.25, 0.3) is 0 Å². The Morgan fingerprint density at radius 3 is 2.48 bits per heavy atom. The Labute approximate surface area is 128 Å². The number of hydrogen-bond acceptors (Lipinski definition) is 4. The number of carbonyl (C=O) groups excluding carboxylic acids is 1. The Morgan fingerprint density at radius 2 is 1.95 bits per heavy atom. The summed E-state index contributed by atoms with van der Waals surface area (Å²) in [5.74, 6) is -0.765. The summed E-state index contributed by atoms with van der Waals surface area (Å²) in [5.41, 5.74) is 1.65. The fraction of sp³-hybridized carbons (Fsp3) is 0.400. The first-order chi connectivity index (χ1) is 9.93. The molecule has 1 aromatic rings. The average Bonchev–Trinajstić information content (AvgIpc) is 2.46. The highest BCUT2D eigenvalue weighted by molar-refractivity contribution is 7.99. The first kappa shape index (κ1) is 17.1. The van der Waals surface area contributed by atoms with Crippen molar-refractivity contribution in [3.63, 3.8) is 0 Å². The maximum atomic E-state index is 11.7. The summed E-state index contributed by atoms with van der Waals surface area (Å²) < 4.78 is 0. The Kier molecular flexibility index (Phi) is 6.76. The Morgan fingerprint density at radius 1 is 1.33 bits per heavy atom. The van der Waals surface area contributed by atoms with Crippen LogP contribution in [-0.4, -0.2) is 28.8 Å². The van der Waals surface area contributed by atoms with E-state index in [0.717, 1.165) is 5.56 Å². The molecule has 0 aliphatic rings. The predicted octanol–water partition coefficient (Wildman–Crippen LogP) is 2.02. The van der Waals surface area contributed by atoms with Gasteiger partial charge in [-0.05, 0) is 31.5 Å². The van der Waals surface area contributed by atoms with E-state index in [1.54, 1.807) is 26.0 Å². The summed E-state index contributed by atoms with van der Waals surface area (Å²) >= 11 is 1.45. The summed E-state index contributed by atoms with van der Waals surface area (Å²) in [4.78, 5) is 22.5. The standard InChI is InChI=1S/C15H18N2O3S/c1-10(15(19)20)11(2)17-14(18)9-21-8-13-5-3-12(7-16)4-6-13/h3-6,10-11H,8-9H2,1-2H3,(H,17,18)(H,19,20). The number of amides is 1. The molecule has 1 aromatic carbocycles. The van der Waals surface area contributed by atoms with Crippen molar-refractivity contribution < 1.29 is 14.7 Å². The topological polar surface area (TPSA) is 90.2 Å². The second-order valence-corrected chi connectivity index (χ2v) is 5.77. The molecule has 0 radical (unpaired) electrons. The molecule has 112 valence electrons. The van der Waals surface area contributed by atoms with Gasteiger partial charge in [0.15, 0.2) is 0 Å². The second-order valence-electron chi connectivity index (χ2n) is 4.78.